The number of carboxylic acids is 2. The lowest BCUT2D eigenvalue weighted by molar-refractivity contribution is -0.384. The van der Waals surface area contributed by atoms with E-state index in [1.807, 2.05) is 12.1 Å². The number of nitro groups is 1. The van der Waals surface area contributed by atoms with Crippen molar-refractivity contribution in [3.05, 3.63) is 87.5 Å². The minimum Gasteiger partial charge on any atom is -0.497 e. The summed E-state index contributed by atoms with van der Waals surface area (Å²) in [6.45, 7) is 4.09. The molecule has 0 bridgehead atoms. The van der Waals surface area contributed by atoms with Crippen LogP contribution >= 0.6 is 0 Å². The molecule has 2 saturated heterocycles. The van der Waals surface area contributed by atoms with Gasteiger partial charge in [-0.05, 0) is 42.0 Å². The summed E-state index contributed by atoms with van der Waals surface area (Å²) in [6.07, 6.45) is -1.02. The Kier molecular flexibility index (Phi) is 16.6. The monoisotopic (exact) mass is 798 g/mol. The molecule has 2 aliphatic rings. The minimum absolute atomic E-state index is 0.0523. The second-order valence-electron chi connectivity index (χ2n) is 13.4. The van der Waals surface area contributed by atoms with E-state index in [2.05, 4.69) is 0 Å². The number of aliphatic hydroxyl groups is 2. The number of benzene rings is 3. The molecule has 310 valence electrons. The van der Waals surface area contributed by atoms with Crippen molar-refractivity contribution in [2.24, 2.45) is 29.4 Å². The van der Waals surface area contributed by atoms with Gasteiger partial charge in [0.15, 0.2) is 0 Å². The second kappa shape index (κ2) is 20.8. The summed E-state index contributed by atoms with van der Waals surface area (Å²) in [7, 11) is 6.23. The van der Waals surface area contributed by atoms with Crippen molar-refractivity contribution in [1.82, 2.24) is 9.80 Å². The number of likely N-dealkylation sites (tertiary alicyclic amines) is 2. The van der Waals surface area contributed by atoms with Gasteiger partial charge in [0.25, 0.3) is 5.69 Å². The normalized spacial score (nSPS) is 19.7. The number of ether oxygens (including phenoxy) is 4. The highest BCUT2D eigenvalue weighted by atomic mass is 16.6. The van der Waals surface area contributed by atoms with E-state index in [1.54, 1.807) is 76.4 Å². The van der Waals surface area contributed by atoms with Gasteiger partial charge in [0, 0.05) is 61.6 Å². The maximum Gasteiger partial charge on any atom is 0.309 e. The van der Waals surface area contributed by atoms with Gasteiger partial charge in [-0.2, -0.15) is 0 Å². The number of hydrogen-bond donors (Lipinski definition) is 5. The van der Waals surface area contributed by atoms with Crippen LogP contribution in [0.25, 0.3) is 0 Å². The van der Waals surface area contributed by atoms with Crippen molar-refractivity contribution < 1.29 is 63.5 Å². The standard InChI is InChI=1S/2C15H19NO5.C9H12N2O4/c2*1-9-12(15(18)19)8-16(14(9)17)7-10-4-5-11(20-2)6-13(10)21-3;10-8(5-12)9(13)6-1-3-7(4-2-6)11(14)15/h2*4-6,9,12H,7-8H2,1-3H3,(H,18,19);1-4,8-9,12-13H,5,10H2/t2*9-,12+;8-,9-/m111/s1. The van der Waals surface area contributed by atoms with E-state index < -0.39 is 52.7 Å². The number of aliphatic hydroxyl groups excluding tert-OH is 2. The van der Waals surface area contributed by atoms with Gasteiger partial charge in [-0.25, -0.2) is 0 Å². The molecule has 2 fully saturated rings. The Morgan fingerprint density at radius 3 is 1.47 bits per heavy atom. The zero-order valence-electron chi connectivity index (χ0n) is 32.6. The molecule has 2 heterocycles. The number of non-ortho nitro benzene ring substituents is 1. The first-order valence-electron chi connectivity index (χ1n) is 17.7. The van der Waals surface area contributed by atoms with Gasteiger partial charge >= 0.3 is 11.9 Å². The van der Waals surface area contributed by atoms with E-state index in [-0.39, 0.29) is 37.2 Å². The van der Waals surface area contributed by atoms with Gasteiger partial charge in [0.2, 0.25) is 11.8 Å². The SMILES string of the molecule is COc1ccc(CN2C[C@H](C(=O)O)[C@@H](C)C2=O)c(OC)c1.COc1ccc(CN2C[C@H](C(=O)O)[C@@H](C)C2=O)c(OC)c1.N[C@H](CO)[C@H](O)c1ccc([N+](=O)[O-])cc1. The highest BCUT2D eigenvalue weighted by molar-refractivity contribution is 5.88. The minimum atomic E-state index is -1.02. The van der Waals surface area contributed by atoms with E-state index in [0.717, 1.165) is 11.1 Å². The van der Waals surface area contributed by atoms with E-state index >= 15 is 0 Å². The molecule has 5 rings (SSSR count). The third-order valence-corrected chi connectivity index (χ3v) is 9.85. The molecule has 18 heteroatoms. The fraction of sp³-hybridized carbons (Fsp3) is 0.436. The molecule has 6 atom stereocenters. The third kappa shape index (κ3) is 11.5. The third-order valence-electron chi connectivity index (χ3n) is 9.85. The molecular formula is C39H50N4O14. The summed E-state index contributed by atoms with van der Waals surface area (Å²) in [6, 6.07) is 15.3. The molecule has 0 radical (unpaired) electrons. The zero-order chi connectivity index (χ0) is 42.6. The number of nitrogens with zero attached hydrogens (tertiary/aromatic N) is 3. The lowest BCUT2D eigenvalue weighted by Crippen LogP contribution is -2.31. The van der Waals surface area contributed by atoms with Crippen LogP contribution in [0.4, 0.5) is 5.69 Å². The van der Waals surface area contributed by atoms with Crippen molar-refractivity contribution in [2.45, 2.75) is 39.1 Å². The van der Waals surface area contributed by atoms with Crippen molar-refractivity contribution >= 4 is 29.4 Å². The number of carbonyl (C=O) groups excluding carboxylic acids is 2. The molecule has 18 nitrogen and oxygen atoms in total. The van der Waals surface area contributed by atoms with Crippen LogP contribution in [-0.4, -0.2) is 113 Å². The Balaban J connectivity index is 0.000000233. The first kappa shape index (κ1) is 45.4. The second-order valence-corrected chi connectivity index (χ2v) is 13.4. The highest BCUT2D eigenvalue weighted by Gasteiger charge is 2.42. The van der Waals surface area contributed by atoms with E-state index in [4.69, 9.17) is 40.0 Å². The molecule has 2 amide bonds. The molecule has 0 unspecified atom stereocenters. The summed E-state index contributed by atoms with van der Waals surface area (Å²) >= 11 is 0. The van der Waals surface area contributed by atoms with Gasteiger partial charge in [0.1, 0.15) is 23.0 Å². The number of amides is 2. The fourth-order valence-electron chi connectivity index (χ4n) is 6.28. The van der Waals surface area contributed by atoms with Crippen LogP contribution in [0.1, 0.15) is 36.6 Å². The van der Waals surface area contributed by atoms with Crippen LogP contribution in [0.15, 0.2) is 60.7 Å². The molecule has 3 aromatic rings. The molecule has 3 aromatic carbocycles. The Labute approximate surface area is 329 Å². The Morgan fingerprint density at radius 2 is 1.18 bits per heavy atom. The Morgan fingerprint density at radius 1 is 0.772 bits per heavy atom. The van der Waals surface area contributed by atoms with Crippen molar-refractivity contribution in [3.63, 3.8) is 0 Å². The van der Waals surface area contributed by atoms with Crippen molar-refractivity contribution in [3.8, 4) is 23.0 Å². The number of nitro benzene ring substituents is 1. The zero-order valence-corrected chi connectivity index (χ0v) is 32.6. The van der Waals surface area contributed by atoms with Gasteiger partial charge in [0.05, 0.1) is 75.8 Å². The number of methoxy groups -OCH3 is 4. The van der Waals surface area contributed by atoms with Gasteiger partial charge in [-0.1, -0.05) is 13.8 Å². The van der Waals surface area contributed by atoms with E-state index in [0.29, 0.717) is 41.7 Å². The van der Waals surface area contributed by atoms with E-state index in [9.17, 15) is 34.4 Å². The van der Waals surface area contributed by atoms with Gasteiger partial charge < -0.3 is 54.9 Å². The largest absolute Gasteiger partial charge is 0.497 e. The average molecular weight is 799 g/mol. The van der Waals surface area contributed by atoms with Crippen molar-refractivity contribution in [2.75, 3.05) is 48.1 Å². The van der Waals surface area contributed by atoms with Crippen LogP contribution in [0, 0.1) is 33.8 Å². The van der Waals surface area contributed by atoms with Crippen LogP contribution in [-0.2, 0) is 32.3 Å². The van der Waals surface area contributed by atoms with Crippen LogP contribution in [0.5, 0.6) is 23.0 Å². The predicted molar refractivity (Wildman–Crippen MR) is 204 cm³/mol. The summed E-state index contributed by atoms with van der Waals surface area (Å²) < 4.78 is 20.9. The topological polar surface area (TPSA) is 262 Å². The molecule has 0 aliphatic carbocycles. The number of hydrogen-bond acceptors (Lipinski definition) is 13. The quantitative estimate of drug-likeness (QED) is 0.116. The molecule has 57 heavy (non-hydrogen) atoms. The van der Waals surface area contributed by atoms with Gasteiger partial charge in [-0.3, -0.25) is 29.3 Å². The summed E-state index contributed by atoms with van der Waals surface area (Å²) in [5.74, 6) is -1.86. The van der Waals surface area contributed by atoms with Crippen LogP contribution < -0.4 is 24.7 Å². The molecule has 0 saturated carbocycles. The molecule has 2 aliphatic heterocycles. The Bertz CT molecular complexity index is 1770. The summed E-state index contributed by atoms with van der Waals surface area (Å²) in [5, 5.41) is 46.9. The summed E-state index contributed by atoms with van der Waals surface area (Å²) in [4.78, 5) is 59.5. The predicted octanol–water partition coefficient (Wildman–Crippen LogP) is 2.71. The lowest BCUT2D eigenvalue weighted by Gasteiger charge is -2.18. The molecular weight excluding hydrogens is 748 g/mol. The number of aliphatic carboxylic acids is 2. The first-order chi connectivity index (χ1) is 27.0. The average Bonchev–Trinajstić information content (AvgIpc) is 3.66. The van der Waals surface area contributed by atoms with Crippen LogP contribution in [0.3, 0.4) is 0 Å². The van der Waals surface area contributed by atoms with E-state index in [1.165, 1.54) is 24.3 Å². The van der Waals surface area contributed by atoms with Crippen LogP contribution in [0.2, 0.25) is 0 Å². The maximum atomic E-state index is 12.1. The first-order valence-corrected chi connectivity index (χ1v) is 17.7. The van der Waals surface area contributed by atoms with Crippen molar-refractivity contribution in [1.29, 1.82) is 0 Å². The smallest absolute Gasteiger partial charge is 0.309 e. The lowest BCUT2D eigenvalue weighted by atomic mass is 9.98. The summed E-state index contributed by atoms with van der Waals surface area (Å²) in [5.41, 5.74) is 7.45. The molecule has 0 aromatic heterocycles. The Hall–Kier alpha value is -5.98. The highest BCUT2D eigenvalue weighted by Crippen LogP contribution is 2.32. The number of carbonyl (C=O) groups is 4. The molecule has 0 spiro atoms. The maximum absolute atomic E-state index is 12.1. The number of carboxylic acid groups (broad SMARTS) is 2. The van der Waals surface area contributed by atoms with Gasteiger partial charge in [-0.15, -0.1) is 0 Å². The fourth-order valence-corrected chi connectivity index (χ4v) is 6.28. The number of nitrogens with two attached hydrogens (primary N) is 1. The molecule has 6 N–H and O–H groups in total. The number of rotatable bonds is 14.